The summed E-state index contributed by atoms with van der Waals surface area (Å²) < 4.78 is 5.37. The van der Waals surface area contributed by atoms with Crippen LogP contribution < -0.4 is 10.5 Å². The fourth-order valence-corrected chi connectivity index (χ4v) is 2.59. The maximum absolute atomic E-state index is 12.1. The molecule has 0 aromatic heterocycles. The summed E-state index contributed by atoms with van der Waals surface area (Å²) in [6, 6.07) is 5.61. The Balaban J connectivity index is 2.23. The molecule has 0 radical (unpaired) electrons. The number of thiocarbonyl (C=S) groups is 1. The zero-order chi connectivity index (χ0) is 14.5. The lowest BCUT2D eigenvalue weighted by molar-refractivity contribution is -0.131. The van der Waals surface area contributed by atoms with E-state index in [2.05, 4.69) is 0 Å². The normalized spacial score (nSPS) is 15.8. The number of carbonyl (C=O) groups is 1. The summed E-state index contributed by atoms with van der Waals surface area (Å²) in [5.74, 6) is 0.979. The van der Waals surface area contributed by atoms with Crippen molar-refractivity contribution in [3.8, 4) is 5.75 Å². The van der Waals surface area contributed by atoms with Crippen LogP contribution in [0.2, 0.25) is 0 Å². The summed E-state index contributed by atoms with van der Waals surface area (Å²) in [7, 11) is 1.63. The number of benzene rings is 1. The molecule has 1 aromatic rings. The van der Waals surface area contributed by atoms with Crippen LogP contribution in [0.5, 0.6) is 5.75 Å². The van der Waals surface area contributed by atoms with Gasteiger partial charge in [0.15, 0.2) is 0 Å². The van der Waals surface area contributed by atoms with Crippen molar-refractivity contribution in [3.05, 3.63) is 29.3 Å². The number of hydrogen-bond acceptors (Lipinski definition) is 3. The molecule has 0 atom stereocenters. The SMILES string of the molecule is COc1ccc(C(N)=S)cc1CN1CCCCCC1=O. The molecule has 1 aliphatic rings. The largest absolute Gasteiger partial charge is 0.496 e. The molecule has 0 saturated carbocycles. The van der Waals surface area contributed by atoms with Gasteiger partial charge in [-0.1, -0.05) is 18.6 Å². The molecule has 0 spiro atoms. The molecule has 1 fully saturated rings. The molecule has 5 heteroatoms. The highest BCUT2D eigenvalue weighted by molar-refractivity contribution is 7.80. The zero-order valence-corrected chi connectivity index (χ0v) is 12.5. The van der Waals surface area contributed by atoms with Gasteiger partial charge in [0.1, 0.15) is 10.7 Å². The molecule has 1 amide bonds. The Morgan fingerprint density at radius 2 is 2.20 bits per heavy atom. The van der Waals surface area contributed by atoms with Crippen molar-refractivity contribution in [1.82, 2.24) is 4.90 Å². The van der Waals surface area contributed by atoms with E-state index in [0.29, 0.717) is 18.0 Å². The van der Waals surface area contributed by atoms with Gasteiger partial charge in [0.2, 0.25) is 5.91 Å². The van der Waals surface area contributed by atoms with Gasteiger partial charge in [0.25, 0.3) is 0 Å². The van der Waals surface area contributed by atoms with Crippen molar-refractivity contribution in [3.63, 3.8) is 0 Å². The first-order valence-electron chi connectivity index (χ1n) is 6.86. The molecule has 108 valence electrons. The summed E-state index contributed by atoms with van der Waals surface area (Å²) in [6.07, 6.45) is 3.80. The van der Waals surface area contributed by atoms with Crippen LogP contribution in [0, 0.1) is 0 Å². The number of methoxy groups -OCH3 is 1. The number of ether oxygens (including phenoxy) is 1. The van der Waals surface area contributed by atoms with Crippen molar-refractivity contribution in [1.29, 1.82) is 0 Å². The monoisotopic (exact) mass is 292 g/mol. The standard InChI is InChI=1S/C15H20N2O2S/c1-19-13-7-6-11(15(16)20)9-12(13)10-17-8-4-2-3-5-14(17)18/h6-7,9H,2-5,8,10H2,1H3,(H2,16,20). The highest BCUT2D eigenvalue weighted by Gasteiger charge is 2.18. The van der Waals surface area contributed by atoms with Crippen LogP contribution in [-0.4, -0.2) is 29.5 Å². The summed E-state index contributed by atoms with van der Waals surface area (Å²) in [5.41, 5.74) is 7.43. The lowest BCUT2D eigenvalue weighted by Crippen LogP contribution is -2.30. The Labute approximate surface area is 124 Å². The van der Waals surface area contributed by atoms with E-state index in [0.717, 1.165) is 42.7 Å². The molecule has 20 heavy (non-hydrogen) atoms. The second-order valence-corrected chi connectivity index (χ2v) is 5.46. The highest BCUT2D eigenvalue weighted by atomic mass is 32.1. The summed E-state index contributed by atoms with van der Waals surface area (Å²) in [6.45, 7) is 1.36. The number of nitrogens with two attached hydrogens (primary N) is 1. The first kappa shape index (κ1) is 14.8. The van der Waals surface area contributed by atoms with E-state index in [9.17, 15) is 4.79 Å². The second kappa shape index (κ2) is 6.70. The Kier molecular flexibility index (Phi) is 4.95. The van der Waals surface area contributed by atoms with Gasteiger partial charge in [0, 0.05) is 30.6 Å². The van der Waals surface area contributed by atoms with Gasteiger partial charge in [-0.15, -0.1) is 0 Å². The van der Waals surface area contributed by atoms with Gasteiger partial charge in [-0.3, -0.25) is 4.79 Å². The Morgan fingerprint density at radius 3 is 2.90 bits per heavy atom. The van der Waals surface area contributed by atoms with Gasteiger partial charge >= 0.3 is 0 Å². The van der Waals surface area contributed by atoms with E-state index in [-0.39, 0.29) is 5.91 Å². The van der Waals surface area contributed by atoms with Crippen LogP contribution in [0.3, 0.4) is 0 Å². The third-order valence-electron chi connectivity index (χ3n) is 3.60. The Hall–Kier alpha value is -1.62. The minimum atomic E-state index is 0.213. The van der Waals surface area contributed by atoms with E-state index < -0.39 is 0 Å². The Morgan fingerprint density at radius 1 is 1.40 bits per heavy atom. The predicted molar refractivity (Wildman–Crippen MR) is 82.8 cm³/mol. The summed E-state index contributed by atoms with van der Waals surface area (Å²) in [5, 5.41) is 0. The maximum Gasteiger partial charge on any atom is 0.222 e. The molecular weight excluding hydrogens is 272 g/mol. The van der Waals surface area contributed by atoms with Crippen LogP contribution in [-0.2, 0) is 11.3 Å². The quantitative estimate of drug-likeness (QED) is 0.865. The van der Waals surface area contributed by atoms with E-state index in [4.69, 9.17) is 22.7 Å². The van der Waals surface area contributed by atoms with Crippen LogP contribution in [0.4, 0.5) is 0 Å². The van der Waals surface area contributed by atoms with Gasteiger partial charge in [-0.25, -0.2) is 0 Å². The molecule has 0 bridgehead atoms. The van der Waals surface area contributed by atoms with Crippen LogP contribution >= 0.6 is 12.2 Å². The number of likely N-dealkylation sites (tertiary alicyclic amines) is 1. The van der Waals surface area contributed by atoms with Crippen LogP contribution in [0.1, 0.15) is 36.8 Å². The second-order valence-electron chi connectivity index (χ2n) is 5.02. The Bertz CT molecular complexity index is 517. The topological polar surface area (TPSA) is 55.6 Å². The predicted octanol–water partition coefficient (Wildman–Crippen LogP) is 2.23. The van der Waals surface area contributed by atoms with Crippen molar-refractivity contribution in [2.75, 3.05) is 13.7 Å². The fraction of sp³-hybridized carbons (Fsp3) is 0.467. The minimum Gasteiger partial charge on any atom is -0.496 e. The molecule has 0 unspecified atom stereocenters. The minimum absolute atomic E-state index is 0.213. The molecule has 1 saturated heterocycles. The van der Waals surface area contributed by atoms with Crippen LogP contribution in [0.15, 0.2) is 18.2 Å². The third kappa shape index (κ3) is 3.48. The number of amides is 1. The first-order chi connectivity index (χ1) is 9.61. The zero-order valence-electron chi connectivity index (χ0n) is 11.7. The van der Waals surface area contributed by atoms with E-state index >= 15 is 0 Å². The van der Waals surface area contributed by atoms with E-state index in [1.54, 1.807) is 7.11 Å². The molecule has 0 aliphatic carbocycles. The molecule has 4 nitrogen and oxygen atoms in total. The lowest BCUT2D eigenvalue weighted by atomic mass is 10.1. The van der Waals surface area contributed by atoms with Crippen molar-refractivity contribution in [2.45, 2.75) is 32.2 Å². The first-order valence-corrected chi connectivity index (χ1v) is 7.27. The molecule has 2 N–H and O–H groups in total. The van der Waals surface area contributed by atoms with Gasteiger partial charge in [-0.05, 0) is 31.0 Å². The maximum atomic E-state index is 12.1. The number of nitrogens with zero attached hydrogens (tertiary/aromatic N) is 1. The summed E-state index contributed by atoms with van der Waals surface area (Å²) >= 11 is 5.01. The van der Waals surface area contributed by atoms with Crippen molar-refractivity contribution < 1.29 is 9.53 Å². The van der Waals surface area contributed by atoms with Gasteiger partial charge in [-0.2, -0.15) is 0 Å². The molecule has 2 rings (SSSR count). The molecule has 1 heterocycles. The number of rotatable bonds is 4. The average Bonchev–Trinajstić information content (AvgIpc) is 2.64. The molecular formula is C15H20N2O2S. The fourth-order valence-electron chi connectivity index (χ4n) is 2.47. The smallest absolute Gasteiger partial charge is 0.222 e. The lowest BCUT2D eigenvalue weighted by Gasteiger charge is -2.22. The van der Waals surface area contributed by atoms with E-state index in [1.165, 1.54) is 0 Å². The molecule has 1 aliphatic heterocycles. The van der Waals surface area contributed by atoms with Crippen molar-refractivity contribution in [2.24, 2.45) is 5.73 Å². The highest BCUT2D eigenvalue weighted by Crippen LogP contribution is 2.23. The molecule has 1 aromatic carbocycles. The van der Waals surface area contributed by atoms with E-state index in [1.807, 2.05) is 23.1 Å². The van der Waals surface area contributed by atoms with Crippen LogP contribution in [0.25, 0.3) is 0 Å². The average molecular weight is 292 g/mol. The third-order valence-corrected chi connectivity index (χ3v) is 3.83. The number of hydrogen-bond donors (Lipinski definition) is 1. The van der Waals surface area contributed by atoms with Crippen molar-refractivity contribution >= 4 is 23.1 Å². The number of carbonyl (C=O) groups excluding carboxylic acids is 1. The van der Waals surface area contributed by atoms with Gasteiger partial charge in [0.05, 0.1) is 7.11 Å². The van der Waals surface area contributed by atoms with Gasteiger partial charge < -0.3 is 15.4 Å². The summed E-state index contributed by atoms with van der Waals surface area (Å²) in [4.78, 5) is 14.3.